The molecule has 6 aromatic carbocycles. The SMILES string of the molecule is CCC=NC1=C(n2c3ccc4ccccc4c3c3c4ccccc4ccc32)C(=N)C(=N)C(n2c3c(c4c5c(ccc42)C=CCC5)-c2ccccc2CC3)=C1N. The summed E-state index contributed by atoms with van der Waals surface area (Å²) >= 11 is 0. The van der Waals surface area contributed by atoms with Crippen LogP contribution in [0.4, 0.5) is 0 Å². The lowest BCUT2D eigenvalue weighted by atomic mass is 9.85. The Morgan fingerprint density at radius 3 is 2.04 bits per heavy atom. The number of hydrogen-bond donors (Lipinski definition) is 3. The standard InChI is InChI=1S/C49H38N6/c1-2-27-53-47-46(52)48(54-36-23-19-28-11-3-7-15-32(28)40(36)41-33-16-8-4-12-29(33)20-24-37(41)54)44(50)45(51)49(47)55-38-25-21-30-13-5-9-17-34(30)42(38)43-35-18-10-6-14-31(35)22-26-39(43)55/h3-7,9-15,17-18,20-22,24-27,50-51H,2,8,16,19,23,52H2,1H3. The van der Waals surface area contributed by atoms with Gasteiger partial charge in [-0.05, 0) is 94.1 Å². The van der Waals surface area contributed by atoms with Crippen LogP contribution in [0.25, 0.3) is 82.9 Å². The van der Waals surface area contributed by atoms with Crippen LogP contribution in [0.15, 0.2) is 132 Å². The van der Waals surface area contributed by atoms with E-state index >= 15 is 0 Å². The van der Waals surface area contributed by atoms with Gasteiger partial charge in [-0.1, -0.05) is 110 Å². The van der Waals surface area contributed by atoms with Crippen molar-refractivity contribution in [1.29, 1.82) is 10.8 Å². The normalized spacial score (nSPS) is 15.7. The highest BCUT2D eigenvalue weighted by Gasteiger charge is 2.37. The molecule has 0 unspecified atom stereocenters. The van der Waals surface area contributed by atoms with Crippen molar-refractivity contribution in [2.24, 2.45) is 10.7 Å². The predicted octanol–water partition coefficient (Wildman–Crippen LogP) is 11.3. The van der Waals surface area contributed by atoms with Gasteiger partial charge in [0.2, 0.25) is 0 Å². The molecule has 0 fully saturated rings. The molecule has 6 nitrogen and oxygen atoms in total. The van der Waals surface area contributed by atoms with Crippen LogP contribution >= 0.6 is 0 Å². The van der Waals surface area contributed by atoms with Gasteiger partial charge in [0.1, 0.15) is 22.8 Å². The van der Waals surface area contributed by atoms with Crippen LogP contribution in [0.2, 0.25) is 0 Å². The maximum atomic E-state index is 10.0. The first-order chi connectivity index (χ1) is 27.0. The highest BCUT2D eigenvalue weighted by molar-refractivity contribution is 6.67. The molecule has 3 aliphatic carbocycles. The molecule has 6 heteroatoms. The van der Waals surface area contributed by atoms with Crippen molar-refractivity contribution in [3.8, 4) is 11.1 Å². The van der Waals surface area contributed by atoms with Gasteiger partial charge >= 0.3 is 0 Å². The summed E-state index contributed by atoms with van der Waals surface area (Å²) in [6.07, 6.45) is 10.7. The molecule has 2 heterocycles. The van der Waals surface area contributed by atoms with E-state index in [2.05, 4.69) is 137 Å². The van der Waals surface area contributed by atoms with E-state index in [-0.39, 0.29) is 11.4 Å². The molecule has 0 radical (unpaired) electrons. The zero-order chi connectivity index (χ0) is 36.9. The van der Waals surface area contributed by atoms with Crippen molar-refractivity contribution in [2.45, 2.75) is 39.0 Å². The van der Waals surface area contributed by atoms with E-state index in [1.807, 2.05) is 6.21 Å². The molecule has 0 atom stereocenters. The number of nitrogens with zero attached hydrogens (tertiary/aromatic N) is 3. The van der Waals surface area contributed by atoms with Crippen LogP contribution in [0.5, 0.6) is 0 Å². The minimum absolute atomic E-state index is 0.0932. The lowest BCUT2D eigenvalue weighted by molar-refractivity contribution is 0.874. The zero-order valence-corrected chi connectivity index (χ0v) is 30.6. The predicted molar refractivity (Wildman–Crippen MR) is 231 cm³/mol. The number of rotatable bonds is 4. The lowest BCUT2D eigenvalue weighted by Crippen LogP contribution is -2.31. The Bertz CT molecular complexity index is 3080. The van der Waals surface area contributed by atoms with Gasteiger partial charge in [0, 0.05) is 33.6 Å². The fourth-order valence-corrected chi connectivity index (χ4v) is 9.68. The van der Waals surface area contributed by atoms with Crippen LogP contribution in [-0.4, -0.2) is 26.8 Å². The number of hydrogen-bond acceptors (Lipinski definition) is 4. The molecular weight excluding hydrogens is 673 g/mol. The van der Waals surface area contributed by atoms with E-state index in [1.54, 1.807) is 0 Å². The summed E-state index contributed by atoms with van der Waals surface area (Å²) in [6.45, 7) is 2.06. The summed E-state index contributed by atoms with van der Waals surface area (Å²) in [5, 5.41) is 28.0. The molecule has 0 amide bonds. The Hall–Kier alpha value is -6.79. The average Bonchev–Trinajstić information content (AvgIpc) is 3.75. The smallest absolute Gasteiger partial charge is 0.114 e. The molecule has 0 saturated carbocycles. The fraction of sp³-hybridized carbons (Fsp3) is 0.122. The number of aliphatic imine (C=N–C) groups is 1. The van der Waals surface area contributed by atoms with E-state index in [9.17, 15) is 10.8 Å². The number of benzene rings is 6. The first-order valence-corrected chi connectivity index (χ1v) is 19.3. The van der Waals surface area contributed by atoms with Crippen LogP contribution in [0.3, 0.4) is 0 Å². The third kappa shape index (κ3) is 4.33. The van der Waals surface area contributed by atoms with E-state index in [0.717, 1.165) is 80.2 Å². The summed E-state index contributed by atoms with van der Waals surface area (Å²) in [5.74, 6) is 0. The summed E-state index contributed by atoms with van der Waals surface area (Å²) in [5.41, 5.74) is 20.1. The molecular formula is C49H38N6. The van der Waals surface area contributed by atoms with Gasteiger partial charge in [-0.15, -0.1) is 0 Å². The molecule has 11 rings (SSSR count). The summed E-state index contributed by atoms with van der Waals surface area (Å²) in [7, 11) is 0. The van der Waals surface area contributed by atoms with E-state index in [0.29, 0.717) is 29.2 Å². The maximum absolute atomic E-state index is 10.0. The topological polar surface area (TPSA) is 95.9 Å². The molecule has 0 bridgehead atoms. The van der Waals surface area contributed by atoms with Gasteiger partial charge in [0.15, 0.2) is 0 Å². The molecule has 55 heavy (non-hydrogen) atoms. The number of aryl methyl sites for hydroxylation is 2. The third-order valence-electron chi connectivity index (χ3n) is 12.0. The number of nitrogens with one attached hydrogen (secondary N) is 2. The van der Waals surface area contributed by atoms with Crippen molar-refractivity contribution < 1.29 is 0 Å². The van der Waals surface area contributed by atoms with E-state index < -0.39 is 0 Å². The average molecular weight is 711 g/mol. The largest absolute Gasteiger partial charge is 0.395 e. The van der Waals surface area contributed by atoms with Crippen molar-refractivity contribution >= 4 is 89.4 Å². The van der Waals surface area contributed by atoms with Crippen LogP contribution in [0.1, 0.15) is 42.1 Å². The number of allylic oxidation sites excluding steroid dienone is 3. The summed E-state index contributed by atoms with van der Waals surface area (Å²) in [4.78, 5) is 5.09. The zero-order valence-electron chi connectivity index (χ0n) is 30.6. The first-order valence-electron chi connectivity index (χ1n) is 19.3. The Morgan fingerprint density at radius 1 is 0.673 bits per heavy atom. The monoisotopic (exact) mass is 710 g/mol. The molecule has 0 spiro atoms. The van der Waals surface area contributed by atoms with E-state index in [1.165, 1.54) is 33.2 Å². The number of fused-ring (bicyclic) bond motifs is 14. The molecule has 4 N–H and O–H groups in total. The summed E-state index contributed by atoms with van der Waals surface area (Å²) < 4.78 is 4.37. The Morgan fingerprint density at radius 2 is 1.31 bits per heavy atom. The summed E-state index contributed by atoms with van der Waals surface area (Å²) in [6, 6.07) is 38.7. The first kappa shape index (κ1) is 31.7. The Balaban J connectivity index is 1.27. The van der Waals surface area contributed by atoms with Crippen molar-refractivity contribution in [1.82, 2.24) is 9.13 Å². The van der Waals surface area contributed by atoms with Gasteiger partial charge in [0.25, 0.3) is 0 Å². The van der Waals surface area contributed by atoms with Gasteiger partial charge in [-0.25, -0.2) is 0 Å². The highest BCUT2D eigenvalue weighted by Crippen LogP contribution is 2.48. The van der Waals surface area contributed by atoms with Gasteiger partial charge in [-0.2, -0.15) is 0 Å². The third-order valence-corrected chi connectivity index (χ3v) is 12.0. The second-order valence-corrected chi connectivity index (χ2v) is 14.9. The lowest BCUT2D eigenvalue weighted by Gasteiger charge is -2.28. The number of aromatic nitrogens is 2. The quantitative estimate of drug-likeness (QED) is 0.123. The molecule has 3 aliphatic rings. The molecule has 8 aromatic rings. The van der Waals surface area contributed by atoms with Crippen LogP contribution < -0.4 is 5.73 Å². The minimum atomic E-state index is 0.0932. The Labute approximate surface area is 318 Å². The number of nitrogens with two attached hydrogens (primary N) is 1. The second kappa shape index (κ2) is 11.9. The second-order valence-electron chi connectivity index (χ2n) is 14.9. The molecule has 2 aromatic heterocycles. The molecule has 0 aliphatic heterocycles. The molecule has 0 saturated heterocycles. The van der Waals surface area contributed by atoms with Crippen LogP contribution in [0, 0.1) is 10.8 Å². The maximum Gasteiger partial charge on any atom is 0.114 e. The fourth-order valence-electron chi connectivity index (χ4n) is 9.68. The van der Waals surface area contributed by atoms with Gasteiger partial charge in [0.05, 0.1) is 27.9 Å². The molecule has 264 valence electrons. The van der Waals surface area contributed by atoms with Gasteiger partial charge in [-0.3, -0.25) is 15.8 Å². The highest BCUT2D eigenvalue weighted by atomic mass is 15.1. The van der Waals surface area contributed by atoms with Crippen LogP contribution in [-0.2, 0) is 19.3 Å². The van der Waals surface area contributed by atoms with Crippen molar-refractivity contribution in [3.05, 3.63) is 149 Å². The van der Waals surface area contributed by atoms with Crippen molar-refractivity contribution in [3.63, 3.8) is 0 Å². The minimum Gasteiger partial charge on any atom is -0.395 e. The Kier molecular flexibility index (Phi) is 6.84. The van der Waals surface area contributed by atoms with Gasteiger partial charge < -0.3 is 14.9 Å². The van der Waals surface area contributed by atoms with Crippen molar-refractivity contribution in [2.75, 3.05) is 0 Å². The van der Waals surface area contributed by atoms with E-state index in [4.69, 9.17) is 10.7 Å².